The van der Waals surface area contributed by atoms with Crippen LogP contribution in [0.4, 0.5) is 17.1 Å². The molecule has 0 N–H and O–H groups in total. The van der Waals surface area contributed by atoms with Crippen molar-refractivity contribution in [2.45, 2.75) is 0 Å². The molecule has 0 unspecified atom stereocenters. The molecular formula is C54H33NO2S. The first-order valence-electron chi connectivity index (χ1n) is 19.6. The van der Waals surface area contributed by atoms with E-state index in [1.165, 1.54) is 25.7 Å². The van der Waals surface area contributed by atoms with E-state index in [-0.39, 0.29) is 0 Å². The van der Waals surface area contributed by atoms with E-state index in [2.05, 4.69) is 193 Å². The Morgan fingerprint density at radius 1 is 0.345 bits per heavy atom. The lowest BCUT2D eigenvalue weighted by atomic mass is 9.97. The molecule has 58 heavy (non-hydrogen) atoms. The minimum atomic E-state index is 0.849. The van der Waals surface area contributed by atoms with Gasteiger partial charge in [-0.15, -0.1) is 11.3 Å². The fourth-order valence-corrected chi connectivity index (χ4v) is 9.94. The summed E-state index contributed by atoms with van der Waals surface area (Å²) in [6.45, 7) is 0. The number of para-hydroxylation sites is 1. The molecule has 0 radical (unpaired) electrons. The van der Waals surface area contributed by atoms with Crippen molar-refractivity contribution in [3.05, 3.63) is 200 Å². The summed E-state index contributed by atoms with van der Waals surface area (Å²) in [5.41, 5.74) is 13.4. The lowest BCUT2D eigenvalue weighted by Gasteiger charge is -2.28. The minimum absolute atomic E-state index is 0.849. The van der Waals surface area contributed by atoms with Crippen molar-refractivity contribution in [2.75, 3.05) is 4.90 Å². The lowest BCUT2D eigenvalue weighted by Crippen LogP contribution is -2.11. The lowest BCUT2D eigenvalue weighted by molar-refractivity contribution is 0.669. The second kappa shape index (κ2) is 13.1. The number of rotatable bonds is 6. The van der Waals surface area contributed by atoms with Crippen molar-refractivity contribution < 1.29 is 8.83 Å². The summed E-state index contributed by atoms with van der Waals surface area (Å²) in [6.07, 6.45) is 0. The predicted octanol–water partition coefficient (Wildman–Crippen LogP) is 16.3. The van der Waals surface area contributed by atoms with Crippen LogP contribution in [0.3, 0.4) is 0 Å². The van der Waals surface area contributed by atoms with Gasteiger partial charge in [-0.25, -0.2) is 0 Å². The first kappa shape index (κ1) is 32.8. The van der Waals surface area contributed by atoms with Crippen molar-refractivity contribution in [3.8, 4) is 33.4 Å². The molecule has 0 atom stereocenters. The highest BCUT2D eigenvalue weighted by Gasteiger charge is 2.26. The number of benzene rings is 9. The van der Waals surface area contributed by atoms with E-state index in [0.717, 1.165) is 88.8 Å². The van der Waals surface area contributed by atoms with Crippen LogP contribution in [0.15, 0.2) is 209 Å². The molecule has 0 bridgehead atoms. The fraction of sp³-hybridized carbons (Fsp3) is 0. The summed E-state index contributed by atoms with van der Waals surface area (Å²) in [7, 11) is 0. The van der Waals surface area contributed by atoms with Crippen molar-refractivity contribution >= 4 is 92.4 Å². The Bertz CT molecular complexity index is 3510. The summed E-state index contributed by atoms with van der Waals surface area (Å²) in [5, 5.41) is 6.75. The maximum Gasteiger partial charge on any atom is 0.145 e. The average molecular weight is 760 g/mol. The molecule has 0 saturated carbocycles. The zero-order valence-electron chi connectivity index (χ0n) is 31.2. The zero-order chi connectivity index (χ0) is 38.2. The third kappa shape index (κ3) is 5.19. The van der Waals surface area contributed by atoms with E-state index in [4.69, 9.17) is 8.83 Å². The van der Waals surface area contributed by atoms with Crippen LogP contribution < -0.4 is 4.90 Å². The van der Waals surface area contributed by atoms with Gasteiger partial charge in [0.2, 0.25) is 0 Å². The second-order valence-electron chi connectivity index (χ2n) is 14.8. The normalized spacial score (nSPS) is 11.8. The maximum absolute atomic E-state index is 7.07. The number of nitrogens with zero attached hydrogens (tertiary/aromatic N) is 1. The molecule has 9 aromatic carbocycles. The molecule has 0 fully saturated rings. The van der Waals surface area contributed by atoms with Gasteiger partial charge in [0.05, 0.1) is 16.8 Å². The van der Waals surface area contributed by atoms with E-state index in [1.807, 2.05) is 23.5 Å². The largest absolute Gasteiger partial charge is 0.456 e. The smallest absolute Gasteiger partial charge is 0.145 e. The molecule has 0 aliphatic carbocycles. The van der Waals surface area contributed by atoms with E-state index in [0.29, 0.717) is 0 Å². The first-order valence-corrected chi connectivity index (χ1v) is 20.4. The van der Waals surface area contributed by atoms with Crippen molar-refractivity contribution in [1.82, 2.24) is 0 Å². The molecule has 4 heteroatoms. The highest BCUT2D eigenvalue weighted by atomic mass is 32.1. The Hall–Kier alpha value is -7.40. The Balaban J connectivity index is 1.22. The number of hydrogen-bond acceptors (Lipinski definition) is 4. The summed E-state index contributed by atoms with van der Waals surface area (Å²) in [5.74, 6) is 0. The van der Waals surface area contributed by atoms with Crippen LogP contribution in [0.5, 0.6) is 0 Å². The summed E-state index contributed by atoms with van der Waals surface area (Å²) >= 11 is 1.85. The van der Waals surface area contributed by atoms with Crippen LogP contribution in [-0.2, 0) is 0 Å². The zero-order valence-corrected chi connectivity index (χ0v) is 32.0. The molecule has 3 aromatic heterocycles. The van der Waals surface area contributed by atoms with Gasteiger partial charge in [0, 0.05) is 47.6 Å². The average Bonchev–Trinajstić information content (AvgIpc) is 3.98. The predicted molar refractivity (Wildman–Crippen MR) is 245 cm³/mol. The van der Waals surface area contributed by atoms with Gasteiger partial charge >= 0.3 is 0 Å². The molecule has 0 amide bonds. The number of anilines is 3. The topological polar surface area (TPSA) is 29.5 Å². The van der Waals surface area contributed by atoms with Gasteiger partial charge in [0.1, 0.15) is 22.3 Å². The van der Waals surface area contributed by atoms with Crippen molar-refractivity contribution in [1.29, 1.82) is 0 Å². The summed E-state index contributed by atoms with van der Waals surface area (Å²) < 4.78 is 16.0. The Kier molecular flexibility index (Phi) is 7.40. The van der Waals surface area contributed by atoms with Crippen LogP contribution in [-0.4, -0.2) is 0 Å². The Labute approximate surface area is 338 Å². The maximum atomic E-state index is 7.07. The highest BCUT2D eigenvalue weighted by molar-refractivity contribution is 7.26. The molecule has 0 saturated heterocycles. The fourth-order valence-electron chi connectivity index (χ4n) is 8.77. The molecule has 3 nitrogen and oxygen atoms in total. The second-order valence-corrected chi connectivity index (χ2v) is 15.9. The van der Waals surface area contributed by atoms with Crippen LogP contribution in [0, 0.1) is 0 Å². The Morgan fingerprint density at radius 2 is 1.02 bits per heavy atom. The van der Waals surface area contributed by atoms with Crippen molar-refractivity contribution in [2.24, 2.45) is 0 Å². The van der Waals surface area contributed by atoms with Crippen molar-refractivity contribution in [3.63, 3.8) is 0 Å². The summed E-state index contributed by atoms with van der Waals surface area (Å²) in [6, 6.07) is 71.4. The highest BCUT2D eigenvalue weighted by Crippen LogP contribution is 2.51. The number of furan rings is 2. The quantitative estimate of drug-likeness (QED) is 0.169. The third-order valence-corrected chi connectivity index (χ3v) is 12.6. The van der Waals surface area contributed by atoms with Gasteiger partial charge in [0.15, 0.2) is 0 Å². The Morgan fingerprint density at radius 3 is 1.81 bits per heavy atom. The minimum Gasteiger partial charge on any atom is -0.456 e. The molecule has 0 spiro atoms. The van der Waals surface area contributed by atoms with Crippen LogP contribution in [0.1, 0.15) is 0 Å². The molecule has 0 aliphatic heterocycles. The van der Waals surface area contributed by atoms with Crippen LogP contribution in [0.2, 0.25) is 0 Å². The molecule has 3 heterocycles. The van der Waals surface area contributed by atoms with Crippen LogP contribution >= 0.6 is 11.3 Å². The van der Waals surface area contributed by atoms with E-state index < -0.39 is 0 Å². The van der Waals surface area contributed by atoms with Crippen LogP contribution in [0.25, 0.3) is 97.4 Å². The number of thiophene rings is 1. The third-order valence-electron chi connectivity index (χ3n) is 11.5. The van der Waals surface area contributed by atoms with E-state index >= 15 is 0 Å². The molecule has 0 aliphatic rings. The van der Waals surface area contributed by atoms with Gasteiger partial charge in [-0.05, 0) is 94.5 Å². The molecule has 12 rings (SSSR count). The van der Waals surface area contributed by atoms with Gasteiger partial charge in [-0.3, -0.25) is 0 Å². The molecular weight excluding hydrogens is 727 g/mol. The first-order chi connectivity index (χ1) is 28.7. The monoisotopic (exact) mass is 759 g/mol. The van der Waals surface area contributed by atoms with Gasteiger partial charge in [0.25, 0.3) is 0 Å². The molecule has 12 aromatic rings. The van der Waals surface area contributed by atoms with Gasteiger partial charge < -0.3 is 13.7 Å². The standard InChI is InChI=1S/C54H33NO2S/c1-4-14-34(15-5-1)37-24-26-42-49(31-37)57-54-40(36-18-8-3-9-19-36)27-28-45(53(42)54)55(39-25-29-48-44(33-39)41-20-10-12-22-47(41)56-48)46-30-38(35-16-6-2-7-17-35)32-51-52(46)43-21-11-13-23-50(43)58-51/h1-33H. The van der Waals surface area contributed by atoms with Gasteiger partial charge in [-0.2, -0.15) is 0 Å². The van der Waals surface area contributed by atoms with E-state index in [1.54, 1.807) is 0 Å². The van der Waals surface area contributed by atoms with Gasteiger partial charge in [-0.1, -0.05) is 133 Å². The number of hydrogen-bond donors (Lipinski definition) is 0. The molecule has 272 valence electrons. The summed E-state index contributed by atoms with van der Waals surface area (Å²) in [4.78, 5) is 2.46. The van der Waals surface area contributed by atoms with E-state index in [9.17, 15) is 0 Å². The number of fused-ring (bicyclic) bond motifs is 9. The SMILES string of the molecule is c1ccc(-c2ccc3c(c2)oc2c(-c4ccccc4)ccc(N(c4ccc5oc6ccccc6c5c4)c4cc(-c5ccccc5)cc5sc6ccccc6c45)c23)cc1.